The van der Waals surface area contributed by atoms with Crippen molar-refractivity contribution >= 4 is 0 Å². The van der Waals surface area contributed by atoms with Crippen molar-refractivity contribution in [1.29, 1.82) is 0 Å². The molecule has 2 aromatic rings. The van der Waals surface area contributed by atoms with Crippen LogP contribution in [0.2, 0.25) is 0 Å². The van der Waals surface area contributed by atoms with E-state index >= 15 is 0 Å². The van der Waals surface area contributed by atoms with Crippen LogP contribution in [0.15, 0.2) is 48.7 Å². The Labute approximate surface area is 107 Å². The number of halogens is 1. The maximum atomic E-state index is 13.8. The first-order valence-electron chi connectivity index (χ1n) is 6.19. The maximum Gasteiger partial charge on any atom is 0.146 e. The van der Waals surface area contributed by atoms with Crippen molar-refractivity contribution in [2.45, 2.75) is 19.4 Å². The van der Waals surface area contributed by atoms with Gasteiger partial charge in [0.1, 0.15) is 5.82 Å². The third-order valence-electron chi connectivity index (χ3n) is 2.85. The monoisotopic (exact) mass is 244 g/mol. The Morgan fingerprint density at radius 1 is 1.17 bits per heavy atom. The highest BCUT2D eigenvalue weighted by Gasteiger charge is 2.16. The number of aromatic nitrogens is 1. The molecular formula is C15H17FN2. The number of nitrogens with zero attached hydrogens (tertiary/aromatic N) is 1. The number of likely N-dealkylation sites (N-methyl/N-ethyl adjacent to an activating group) is 1. The molecule has 0 aliphatic carbocycles. The smallest absolute Gasteiger partial charge is 0.146 e. The van der Waals surface area contributed by atoms with Crippen LogP contribution in [0.4, 0.5) is 4.39 Å². The van der Waals surface area contributed by atoms with Gasteiger partial charge in [0.25, 0.3) is 0 Å². The van der Waals surface area contributed by atoms with Crippen molar-refractivity contribution in [2.75, 3.05) is 6.54 Å². The van der Waals surface area contributed by atoms with Gasteiger partial charge in [0.2, 0.25) is 0 Å². The van der Waals surface area contributed by atoms with E-state index in [1.165, 1.54) is 11.6 Å². The summed E-state index contributed by atoms with van der Waals surface area (Å²) in [5.41, 5.74) is 1.66. The van der Waals surface area contributed by atoms with Gasteiger partial charge in [0.05, 0.1) is 11.7 Å². The quantitative estimate of drug-likeness (QED) is 0.874. The molecule has 18 heavy (non-hydrogen) atoms. The van der Waals surface area contributed by atoms with Crippen LogP contribution in [-0.2, 0) is 6.42 Å². The van der Waals surface area contributed by atoms with Gasteiger partial charge in [-0.2, -0.15) is 0 Å². The van der Waals surface area contributed by atoms with Gasteiger partial charge < -0.3 is 5.32 Å². The maximum absolute atomic E-state index is 13.8. The standard InChI is InChI=1S/C15H17FN2/c1-2-17-14(11-12-7-4-3-5-8-12)15-13(16)9-6-10-18-15/h3-10,14,17H,2,11H2,1H3. The molecule has 0 saturated heterocycles. The second-order valence-electron chi connectivity index (χ2n) is 4.17. The van der Waals surface area contributed by atoms with Crippen LogP contribution in [0.1, 0.15) is 24.2 Å². The average molecular weight is 244 g/mol. The molecule has 1 unspecified atom stereocenters. The molecule has 0 spiro atoms. The lowest BCUT2D eigenvalue weighted by atomic mass is 10.0. The summed E-state index contributed by atoms with van der Waals surface area (Å²) in [5.74, 6) is -0.251. The summed E-state index contributed by atoms with van der Waals surface area (Å²) < 4.78 is 13.8. The molecule has 94 valence electrons. The van der Waals surface area contributed by atoms with E-state index < -0.39 is 0 Å². The minimum atomic E-state index is -0.251. The molecule has 0 amide bonds. The molecule has 0 bridgehead atoms. The fraction of sp³-hybridized carbons (Fsp3) is 0.267. The minimum Gasteiger partial charge on any atom is -0.309 e. The van der Waals surface area contributed by atoms with Crippen LogP contribution in [0.3, 0.4) is 0 Å². The molecule has 0 fully saturated rings. The Morgan fingerprint density at radius 2 is 1.94 bits per heavy atom. The summed E-state index contributed by atoms with van der Waals surface area (Å²) in [7, 11) is 0. The minimum absolute atomic E-state index is 0.0846. The van der Waals surface area contributed by atoms with Crippen molar-refractivity contribution in [2.24, 2.45) is 0 Å². The van der Waals surface area contributed by atoms with Gasteiger partial charge in [-0.1, -0.05) is 37.3 Å². The van der Waals surface area contributed by atoms with Crippen molar-refractivity contribution in [1.82, 2.24) is 10.3 Å². The normalized spacial score (nSPS) is 12.3. The number of hydrogen-bond acceptors (Lipinski definition) is 2. The summed E-state index contributed by atoms with van der Waals surface area (Å²) in [5, 5.41) is 3.29. The molecule has 0 radical (unpaired) electrons. The Morgan fingerprint density at radius 3 is 2.61 bits per heavy atom. The van der Waals surface area contributed by atoms with Crippen LogP contribution >= 0.6 is 0 Å². The summed E-state index contributed by atoms with van der Waals surface area (Å²) in [6, 6.07) is 13.0. The zero-order chi connectivity index (χ0) is 12.8. The lowest BCUT2D eigenvalue weighted by molar-refractivity contribution is 0.494. The molecule has 2 rings (SSSR count). The largest absolute Gasteiger partial charge is 0.309 e. The van der Waals surface area contributed by atoms with E-state index in [0.717, 1.165) is 13.0 Å². The molecule has 0 aliphatic heterocycles. The van der Waals surface area contributed by atoms with Gasteiger partial charge in [0.15, 0.2) is 0 Å². The molecule has 1 atom stereocenters. The SMILES string of the molecule is CCNC(Cc1ccccc1)c1ncccc1F. The van der Waals surface area contributed by atoms with Gasteiger partial charge in [-0.25, -0.2) is 4.39 Å². The predicted molar refractivity (Wildman–Crippen MR) is 70.8 cm³/mol. The van der Waals surface area contributed by atoms with Gasteiger partial charge >= 0.3 is 0 Å². The molecule has 0 aliphatic rings. The highest BCUT2D eigenvalue weighted by molar-refractivity contribution is 5.20. The lowest BCUT2D eigenvalue weighted by Crippen LogP contribution is -2.24. The van der Waals surface area contributed by atoms with E-state index in [2.05, 4.69) is 10.3 Å². The molecule has 1 aromatic carbocycles. The van der Waals surface area contributed by atoms with Crippen molar-refractivity contribution < 1.29 is 4.39 Å². The summed E-state index contributed by atoms with van der Waals surface area (Å²) in [4.78, 5) is 4.16. The van der Waals surface area contributed by atoms with Crippen LogP contribution in [0.5, 0.6) is 0 Å². The van der Waals surface area contributed by atoms with E-state index in [1.807, 2.05) is 37.3 Å². The number of nitrogens with one attached hydrogen (secondary N) is 1. The third kappa shape index (κ3) is 3.14. The first-order chi connectivity index (χ1) is 8.81. The molecule has 1 aromatic heterocycles. The van der Waals surface area contributed by atoms with Crippen molar-refractivity contribution in [3.63, 3.8) is 0 Å². The van der Waals surface area contributed by atoms with Crippen LogP contribution < -0.4 is 5.32 Å². The highest BCUT2D eigenvalue weighted by atomic mass is 19.1. The second-order valence-corrected chi connectivity index (χ2v) is 4.17. The van der Waals surface area contributed by atoms with E-state index in [4.69, 9.17) is 0 Å². The van der Waals surface area contributed by atoms with Gasteiger partial charge in [-0.3, -0.25) is 4.98 Å². The summed E-state index contributed by atoms with van der Waals surface area (Å²) in [6.07, 6.45) is 2.37. The Hall–Kier alpha value is -1.74. The fourth-order valence-corrected chi connectivity index (χ4v) is 2.02. The Bertz CT molecular complexity index is 485. The zero-order valence-electron chi connectivity index (χ0n) is 10.4. The van der Waals surface area contributed by atoms with Crippen LogP contribution in [0.25, 0.3) is 0 Å². The van der Waals surface area contributed by atoms with E-state index in [1.54, 1.807) is 12.3 Å². The molecule has 2 nitrogen and oxygen atoms in total. The average Bonchev–Trinajstić information content (AvgIpc) is 2.40. The fourth-order valence-electron chi connectivity index (χ4n) is 2.02. The molecule has 1 heterocycles. The molecule has 3 heteroatoms. The number of pyridine rings is 1. The Balaban J connectivity index is 2.21. The highest BCUT2D eigenvalue weighted by Crippen LogP contribution is 2.18. The first-order valence-corrected chi connectivity index (χ1v) is 6.19. The number of hydrogen-bond donors (Lipinski definition) is 1. The number of benzene rings is 1. The van der Waals surface area contributed by atoms with E-state index in [9.17, 15) is 4.39 Å². The van der Waals surface area contributed by atoms with Gasteiger partial charge in [0, 0.05) is 6.20 Å². The predicted octanol–water partition coefficient (Wildman–Crippen LogP) is 3.11. The van der Waals surface area contributed by atoms with Crippen molar-refractivity contribution in [3.8, 4) is 0 Å². The first kappa shape index (κ1) is 12.7. The lowest BCUT2D eigenvalue weighted by Gasteiger charge is -2.17. The van der Waals surface area contributed by atoms with Gasteiger partial charge in [-0.15, -0.1) is 0 Å². The van der Waals surface area contributed by atoms with Crippen molar-refractivity contribution in [3.05, 3.63) is 65.7 Å². The zero-order valence-corrected chi connectivity index (χ0v) is 10.4. The molecule has 0 saturated carbocycles. The molecular weight excluding hydrogens is 227 g/mol. The molecule has 1 N–H and O–H groups in total. The van der Waals surface area contributed by atoms with Gasteiger partial charge in [-0.05, 0) is 30.7 Å². The van der Waals surface area contributed by atoms with E-state index in [-0.39, 0.29) is 11.9 Å². The van der Waals surface area contributed by atoms with E-state index in [0.29, 0.717) is 5.69 Å². The number of rotatable bonds is 5. The topological polar surface area (TPSA) is 24.9 Å². The summed E-state index contributed by atoms with van der Waals surface area (Å²) >= 11 is 0. The van der Waals surface area contributed by atoms with Crippen LogP contribution in [-0.4, -0.2) is 11.5 Å². The van der Waals surface area contributed by atoms with Crippen LogP contribution in [0, 0.1) is 5.82 Å². The third-order valence-corrected chi connectivity index (χ3v) is 2.85. The second kappa shape index (κ2) is 6.26. The summed E-state index contributed by atoms with van der Waals surface area (Å²) in [6.45, 7) is 2.80. The Kier molecular flexibility index (Phi) is 4.42.